The van der Waals surface area contributed by atoms with E-state index < -0.39 is 27.3 Å². The molecule has 0 fully saturated rings. The van der Waals surface area contributed by atoms with Gasteiger partial charge in [-0.3, -0.25) is 9.71 Å². The summed E-state index contributed by atoms with van der Waals surface area (Å²) in [5.41, 5.74) is 0. The first-order valence-electron chi connectivity index (χ1n) is 5.43. The van der Waals surface area contributed by atoms with E-state index in [9.17, 15) is 17.2 Å². The van der Waals surface area contributed by atoms with Gasteiger partial charge in [-0.1, -0.05) is 23.7 Å². The van der Waals surface area contributed by atoms with Gasteiger partial charge >= 0.3 is 6.61 Å². The van der Waals surface area contributed by atoms with Crippen LogP contribution >= 0.6 is 11.6 Å². The maximum absolute atomic E-state index is 12.3. The zero-order valence-corrected chi connectivity index (χ0v) is 11.8. The van der Waals surface area contributed by atoms with E-state index in [0.29, 0.717) is 0 Å². The predicted molar refractivity (Wildman–Crippen MR) is 70.9 cm³/mol. The Labute approximate surface area is 123 Å². The van der Waals surface area contributed by atoms with Crippen molar-refractivity contribution in [3.63, 3.8) is 0 Å². The second-order valence-electron chi connectivity index (χ2n) is 3.66. The van der Waals surface area contributed by atoms with Crippen LogP contribution < -0.4 is 9.46 Å². The summed E-state index contributed by atoms with van der Waals surface area (Å²) in [4.78, 5) is 6.91. The molecule has 2 aromatic rings. The second-order valence-corrected chi connectivity index (χ2v) is 5.70. The van der Waals surface area contributed by atoms with E-state index >= 15 is 0 Å². The number of nitrogens with one attached hydrogen (secondary N) is 1. The molecule has 0 saturated heterocycles. The molecule has 0 aliphatic heterocycles. The number of hydrogen-bond donors (Lipinski definition) is 1. The fraction of sp³-hybridized carbons (Fsp3) is 0.0909. The molecule has 0 radical (unpaired) electrons. The van der Waals surface area contributed by atoms with Crippen molar-refractivity contribution in [1.29, 1.82) is 0 Å². The molecule has 0 saturated carbocycles. The van der Waals surface area contributed by atoms with Crippen LogP contribution in [0, 0.1) is 0 Å². The van der Waals surface area contributed by atoms with Gasteiger partial charge in [-0.25, -0.2) is 13.4 Å². The van der Waals surface area contributed by atoms with E-state index in [1.807, 2.05) is 0 Å². The molecule has 0 aliphatic rings. The van der Waals surface area contributed by atoms with Gasteiger partial charge < -0.3 is 4.74 Å². The summed E-state index contributed by atoms with van der Waals surface area (Å²) in [7, 11) is -4.18. The van der Waals surface area contributed by atoms with E-state index in [-0.39, 0.29) is 11.0 Å². The SMILES string of the molecule is O=S(=O)(Nc1cncc(Cl)n1)c1ccccc1OC(F)F. The summed E-state index contributed by atoms with van der Waals surface area (Å²) in [6.07, 6.45) is 2.34. The summed E-state index contributed by atoms with van der Waals surface area (Å²) >= 11 is 5.59. The van der Waals surface area contributed by atoms with Gasteiger partial charge in [-0.05, 0) is 12.1 Å². The number of ether oxygens (including phenoxy) is 1. The van der Waals surface area contributed by atoms with Gasteiger partial charge in [0.2, 0.25) is 0 Å². The second kappa shape index (κ2) is 6.19. The lowest BCUT2D eigenvalue weighted by molar-refractivity contribution is -0.0517. The van der Waals surface area contributed by atoms with E-state index in [4.69, 9.17) is 11.6 Å². The van der Waals surface area contributed by atoms with E-state index in [2.05, 4.69) is 19.4 Å². The van der Waals surface area contributed by atoms with Crippen molar-refractivity contribution in [2.75, 3.05) is 4.72 Å². The number of aromatic nitrogens is 2. The minimum Gasteiger partial charge on any atom is -0.433 e. The average Bonchev–Trinajstić information content (AvgIpc) is 2.37. The molecule has 0 atom stereocenters. The first kappa shape index (κ1) is 15.4. The minimum absolute atomic E-state index is 0.0210. The molecule has 0 spiro atoms. The Kier molecular flexibility index (Phi) is 4.53. The third kappa shape index (κ3) is 3.99. The van der Waals surface area contributed by atoms with Crippen LogP contribution in [0.1, 0.15) is 0 Å². The number of alkyl halides is 2. The Morgan fingerprint density at radius 1 is 1.24 bits per heavy atom. The van der Waals surface area contributed by atoms with Crippen molar-refractivity contribution in [1.82, 2.24) is 9.97 Å². The lowest BCUT2D eigenvalue weighted by Gasteiger charge is -2.12. The molecular weight excluding hydrogens is 328 g/mol. The van der Waals surface area contributed by atoms with Crippen LogP contribution in [0.25, 0.3) is 0 Å². The highest BCUT2D eigenvalue weighted by Crippen LogP contribution is 2.26. The minimum atomic E-state index is -4.18. The van der Waals surface area contributed by atoms with Crippen LogP contribution in [-0.4, -0.2) is 25.0 Å². The van der Waals surface area contributed by atoms with Gasteiger partial charge in [0.1, 0.15) is 15.8 Å². The van der Waals surface area contributed by atoms with Gasteiger partial charge in [0, 0.05) is 0 Å². The molecule has 1 aromatic heterocycles. The largest absolute Gasteiger partial charge is 0.433 e. The summed E-state index contributed by atoms with van der Waals surface area (Å²) in [5.74, 6) is -0.621. The first-order valence-corrected chi connectivity index (χ1v) is 7.29. The van der Waals surface area contributed by atoms with Crippen LogP contribution in [0.15, 0.2) is 41.6 Å². The monoisotopic (exact) mass is 335 g/mol. The zero-order valence-electron chi connectivity index (χ0n) is 10.2. The van der Waals surface area contributed by atoms with Crippen molar-refractivity contribution < 1.29 is 21.9 Å². The molecule has 1 heterocycles. The van der Waals surface area contributed by atoms with Crippen LogP contribution in [0.3, 0.4) is 0 Å². The number of sulfonamides is 1. The fourth-order valence-electron chi connectivity index (χ4n) is 1.45. The van der Waals surface area contributed by atoms with Crippen LogP contribution in [0.5, 0.6) is 5.75 Å². The van der Waals surface area contributed by atoms with Gasteiger partial charge in [0.05, 0.1) is 12.4 Å². The summed E-state index contributed by atoms with van der Waals surface area (Å²) in [6.45, 7) is -3.15. The maximum Gasteiger partial charge on any atom is 0.387 e. The molecular formula is C11H8ClF2N3O3S. The highest BCUT2D eigenvalue weighted by Gasteiger charge is 2.22. The Bertz CT molecular complexity index is 743. The molecule has 0 unspecified atom stereocenters. The average molecular weight is 336 g/mol. The number of para-hydroxylation sites is 1. The molecule has 0 amide bonds. The highest BCUT2D eigenvalue weighted by atomic mass is 35.5. The van der Waals surface area contributed by atoms with Crippen molar-refractivity contribution in [3.05, 3.63) is 41.8 Å². The maximum atomic E-state index is 12.3. The first-order chi connectivity index (χ1) is 9.88. The summed E-state index contributed by atoms with van der Waals surface area (Å²) < 4.78 is 55.2. The molecule has 1 N–H and O–H groups in total. The predicted octanol–water partition coefficient (Wildman–Crippen LogP) is 2.53. The summed E-state index contributed by atoms with van der Waals surface area (Å²) in [5, 5.41) is -0.0210. The summed E-state index contributed by atoms with van der Waals surface area (Å²) in [6, 6.07) is 4.98. The lowest BCUT2D eigenvalue weighted by atomic mass is 10.3. The number of benzene rings is 1. The van der Waals surface area contributed by atoms with Crippen LogP contribution in [-0.2, 0) is 10.0 Å². The normalized spacial score (nSPS) is 11.4. The highest BCUT2D eigenvalue weighted by molar-refractivity contribution is 7.92. The molecule has 112 valence electrons. The quantitative estimate of drug-likeness (QED) is 0.908. The number of hydrogen-bond acceptors (Lipinski definition) is 5. The standard InChI is InChI=1S/C11H8ClF2N3O3S/c12-9-5-15-6-10(16-9)17-21(18,19)8-4-2-1-3-7(8)20-11(13)14/h1-6,11H,(H,16,17). The van der Waals surface area contributed by atoms with Crippen molar-refractivity contribution >= 4 is 27.4 Å². The van der Waals surface area contributed by atoms with E-state index in [0.717, 1.165) is 18.3 Å². The van der Waals surface area contributed by atoms with E-state index in [1.54, 1.807) is 0 Å². The van der Waals surface area contributed by atoms with Crippen LogP contribution in [0.4, 0.5) is 14.6 Å². The molecule has 0 bridgehead atoms. The van der Waals surface area contributed by atoms with Crippen molar-refractivity contribution in [2.24, 2.45) is 0 Å². The van der Waals surface area contributed by atoms with Crippen LogP contribution in [0.2, 0.25) is 5.15 Å². The Hall–Kier alpha value is -2.00. The molecule has 2 rings (SSSR count). The molecule has 21 heavy (non-hydrogen) atoms. The number of rotatable bonds is 5. The smallest absolute Gasteiger partial charge is 0.387 e. The molecule has 1 aromatic carbocycles. The molecule has 6 nitrogen and oxygen atoms in total. The Morgan fingerprint density at radius 3 is 2.62 bits per heavy atom. The van der Waals surface area contributed by atoms with Crippen molar-refractivity contribution in [2.45, 2.75) is 11.5 Å². The number of halogens is 3. The number of nitrogens with zero attached hydrogens (tertiary/aromatic N) is 2. The lowest BCUT2D eigenvalue weighted by Crippen LogP contribution is -2.16. The van der Waals surface area contributed by atoms with Gasteiger partial charge in [-0.15, -0.1) is 0 Å². The van der Waals surface area contributed by atoms with Gasteiger partial charge in [-0.2, -0.15) is 8.78 Å². The number of anilines is 1. The Balaban J connectivity index is 2.36. The van der Waals surface area contributed by atoms with Crippen molar-refractivity contribution in [3.8, 4) is 5.75 Å². The van der Waals surface area contributed by atoms with Gasteiger partial charge in [0.15, 0.2) is 5.82 Å². The van der Waals surface area contributed by atoms with E-state index in [1.165, 1.54) is 18.3 Å². The molecule has 0 aliphatic carbocycles. The third-order valence-electron chi connectivity index (χ3n) is 2.20. The fourth-order valence-corrected chi connectivity index (χ4v) is 2.72. The zero-order chi connectivity index (χ0) is 15.5. The topological polar surface area (TPSA) is 81.2 Å². The Morgan fingerprint density at radius 2 is 1.95 bits per heavy atom. The third-order valence-corrected chi connectivity index (χ3v) is 3.78. The van der Waals surface area contributed by atoms with Gasteiger partial charge in [0.25, 0.3) is 10.0 Å². The molecule has 10 heteroatoms.